The molecular formula is C8H17NO2S2. The van der Waals surface area contributed by atoms with Crippen LogP contribution in [-0.2, 0) is 10.9 Å². The summed E-state index contributed by atoms with van der Waals surface area (Å²) >= 11 is 1.87. The highest BCUT2D eigenvalue weighted by Gasteiger charge is 2.23. The van der Waals surface area contributed by atoms with Crippen LogP contribution in [0.4, 0.5) is 0 Å². The highest BCUT2D eigenvalue weighted by molar-refractivity contribution is 7.99. The van der Waals surface area contributed by atoms with Crippen molar-refractivity contribution >= 4 is 22.7 Å². The maximum Gasteiger partial charge on any atom is 0.204 e. The van der Waals surface area contributed by atoms with Gasteiger partial charge in [0.1, 0.15) is 0 Å². The number of unbranched alkanes of at least 4 members (excludes halogenated alkanes) is 1. The Morgan fingerprint density at radius 2 is 2.31 bits per heavy atom. The van der Waals surface area contributed by atoms with E-state index in [1.54, 1.807) is 4.31 Å². The number of hydrogen-bond donors (Lipinski definition) is 1. The zero-order valence-electron chi connectivity index (χ0n) is 7.94. The number of hydrogen-bond acceptors (Lipinski definition) is 3. The second-order valence-electron chi connectivity index (χ2n) is 3.27. The van der Waals surface area contributed by atoms with Crippen LogP contribution in [0, 0.1) is 0 Å². The fourth-order valence-electron chi connectivity index (χ4n) is 1.53. The van der Waals surface area contributed by atoms with Gasteiger partial charge >= 0.3 is 0 Å². The van der Waals surface area contributed by atoms with Gasteiger partial charge in [-0.2, -0.15) is 16.1 Å². The zero-order chi connectivity index (χ0) is 9.68. The maximum absolute atomic E-state index is 10.9. The Morgan fingerprint density at radius 1 is 1.54 bits per heavy atom. The van der Waals surface area contributed by atoms with Crippen molar-refractivity contribution in [3.63, 3.8) is 0 Å². The van der Waals surface area contributed by atoms with Gasteiger partial charge in [0.25, 0.3) is 0 Å². The first kappa shape index (κ1) is 11.3. The van der Waals surface area contributed by atoms with Crippen molar-refractivity contribution in [2.75, 3.05) is 18.1 Å². The van der Waals surface area contributed by atoms with E-state index in [0.717, 1.165) is 30.8 Å². The number of rotatable bonds is 4. The van der Waals surface area contributed by atoms with Crippen LogP contribution >= 0.6 is 11.8 Å². The van der Waals surface area contributed by atoms with Crippen molar-refractivity contribution < 1.29 is 8.42 Å². The summed E-state index contributed by atoms with van der Waals surface area (Å²) in [6, 6.07) is 0.264. The molecule has 0 aromatic rings. The van der Waals surface area contributed by atoms with E-state index in [9.17, 15) is 8.42 Å². The van der Waals surface area contributed by atoms with Gasteiger partial charge in [0.2, 0.25) is 10.9 Å². The predicted octanol–water partition coefficient (Wildman–Crippen LogP) is 1.12. The van der Waals surface area contributed by atoms with Gasteiger partial charge in [-0.05, 0) is 6.42 Å². The monoisotopic (exact) mass is 223 g/mol. The van der Waals surface area contributed by atoms with E-state index in [1.807, 2.05) is 11.8 Å². The smallest absolute Gasteiger partial charge is 0.204 e. The third-order valence-corrected chi connectivity index (χ3v) is 4.33. The van der Waals surface area contributed by atoms with Gasteiger partial charge < -0.3 is 0 Å². The van der Waals surface area contributed by atoms with Crippen LogP contribution in [0.1, 0.15) is 26.2 Å². The Balaban J connectivity index is 2.46. The van der Waals surface area contributed by atoms with Crippen molar-refractivity contribution in [2.45, 2.75) is 32.2 Å². The molecule has 1 atom stereocenters. The van der Waals surface area contributed by atoms with Crippen molar-refractivity contribution in [3.05, 3.63) is 0 Å². The first-order valence-corrected chi connectivity index (χ1v) is 7.03. The first-order valence-electron chi connectivity index (χ1n) is 4.74. The summed E-state index contributed by atoms with van der Waals surface area (Å²) in [6.07, 6.45) is 3.29. The molecule has 1 aliphatic rings. The van der Waals surface area contributed by atoms with E-state index in [0.29, 0.717) is 6.54 Å². The summed E-state index contributed by atoms with van der Waals surface area (Å²) in [6.45, 7) is 2.84. The molecule has 0 amide bonds. The topological polar surface area (TPSA) is 37.4 Å². The quantitative estimate of drug-likeness (QED) is 0.726. The molecule has 1 unspecified atom stereocenters. The molecule has 0 radical (unpaired) electrons. The van der Waals surface area contributed by atoms with E-state index < -0.39 is 10.9 Å². The minimum atomic E-state index is -2.35. The number of thiol groups is 1. The van der Waals surface area contributed by atoms with Crippen molar-refractivity contribution in [1.29, 1.82) is 0 Å². The molecule has 1 fully saturated rings. The van der Waals surface area contributed by atoms with E-state index in [1.165, 1.54) is 0 Å². The molecule has 1 rings (SSSR count). The van der Waals surface area contributed by atoms with E-state index in [4.69, 9.17) is 0 Å². The lowest BCUT2D eigenvalue weighted by atomic mass is 10.1. The highest BCUT2D eigenvalue weighted by atomic mass is 32.2. The average Bonchev–Trinajstić information content (AvgIpc) is 2.15. The number of nitrogens with zero attached hydrogens (tertiary/aromatic N) is 1. The van der Waals surface area contributed by atoms with Gasteiger partial charge in [0.15, 0.2) is 0 Å². The van der Waals surface area contributed by atoms with E-state index in [-0.39, 0.29) is 6.04 Å². The molecule has 3 nitrogen and oxygen atoms in total. The summed E-state index contributed by atoms with van der Waals surface area (Å²) in [4.78, 5) is 0. The molecule has 5 heteroatoms. The lowest BCUT2D eigenvalue weighted by Crippen LogP contribution is -2.41. The molecule has 0 aromatic heterocycles. The second-order valence-corrected chi connectivity index (χ2v) is 5.41. The molecule has 1 heterocycles. The van der Waals surface area contributed by atoms with Crippen LogP contribution in [0.5, 0.6) is 0 Å². The predicted molar refractivity (Wildman–Crippen MR) is 57.7 cm³/mol. The standard InChI is InChI=1S/C8H17NO2S2/c1-2-3-4-8-7-12-6-5-9(8)13(10)11/h8,13H,2-7H2,1H3. The summed E-state index contributed by atoms with van der Waals surface area (Å²) in [7, 11) is -2.35. The van der Waals surface area contributed by atoms with Crippen LogP contribution < -0.4 is 0 Å². The molecule has 0 bridgehead atoms. The Morgan fingerprint density at radius 3 is 2.92 bits per heavy atom. The molecule has 13 heavy (non-hydrogen) atoms. The van der Waals surface area contributed by atoms with Crippen LogP contribution in [0.3, 0.4) is 0 Å². The van der Waals surface area contributed by atoms with Crippen LogP contribution in [0.2, 0.25) is 0 Å². The van der Waals surface area contributed by atoms with Crippen LogP contribution in [0.25, 0.3) is 0 Å². The van der Waals surface area contributed by atoms with Crippen molar-refractivity contribution in [2.24, 2.45) is 0 Å². The second kappa shape index (κ2) is 5.88. The minimum absolute atomic E-state index is 0.264. The summed E-state index contributed by atoms with van der Waals surface area (Å²) in [5.41, 5.74) is 0. The fourth-order valence-corrected chi connectivity index (χ4v) is 3.62. The van der Waals surface area contributed by atoms with Gasteiger partial charge in [-0.15, -0.1) is 0 Å². The highest BCUT2D eigenvalue weighted by Crippen LogP contribution is 2.20. The lowest BCUT2D eigenvalue weighted by molar-refractivity contribution is 0.337. The molecule has 78 valence electrons. The van der Waals surface area contributed by atoms with Gasteiger partial charge in [0, 0.05) is 24.1 Å². The van der Waals surface area contributed by atoms with Crippen LogP contribution in [-0.4, -0.2) is 36.8 Å². The van der Waals surface area contributed by atoms with Crippen LogP contribution in [0.15, 0.2) is 0 Å². The molecule has 0 spiro atoms. The van der Waals surface area contributed by atoms with Crippen molar-refractivity contribution in [3.8, 4) is 0 Å². The SMILES string of the molecule is CCCCC1CSCCN1[SH](=O)=O. The Bertz CT molecular complexity index is 210. The molecule has 0 N–H and O–H groups in total. The van der Waals surface area contributed by atoms with E-state index >= 15 is 0 Å². The Hall–Kier alpha value is 0.260. The molecule has 0 aromatic carbocycles. The zero-order valence-corrected chi connectivity index (χ0v) is 9.65. The maximum atomic E-state index is 10.9. The van der Waals surface area contributed by atoms with Gasteiger partial charge in [-0.3, -0.25) is 0 Å². The largest absolute Gasteiger partial charge is 0.215 e. The average molecular weight is 223 g/mol. The molecule has 0 saturated carbocycles. The normalized spacial score (nSPS) is 25.2. The van der Waals surface area contributed by atoms with Gasteiger partial charge in [0.05, 0.1) is 0 Å². The number of thioether (sulfide) groups is 1. The molecule has 0 aliphatic carbocycles. The summed E-state index contributed by atoms with van der Waals surface area (Å²) in [5.74, 6) is 1.93. The third kappa shape index (κ3) is 3.48. The van der Waals surface area contributed by atoms with Gasteiger partial charge in [-0.25, -0.2) is 8.42 Å². The first-order chi connectivity index (χ1) is 6.25. The molecule has 1 aliphatic heterocycles. The molecular weight excluding hydrogens is 206 g/mol. The summed E-state index contributed by atoms with van der Waals surface area (Å²) < 4.78 is 23.4. The van der Waals surface area contributed by atoms with Crippen molar-refractivity contribution in [1.82, 2.24) is 4.31 Å². The minimum Gasteiger partial charge on any atom is -0.215 e. The third-order valence-electron chi connectivity index (χ3n) is 2.30. The summed E-state index contributed by atoms with van der Waals surface area (Å²) in [5, 5.41) is 0. The lowest BCUT2D eigenvalue weighted by Gasteiger charge is -2.30. The van der Waals surface area contributed by atoms with Gasteiger partial charge in [-0.1, -0.05) is 19.8 Å². The molecule has 1 saturated heterocycles. The Kier molecular flexibility index (Phi) is 5.13. The van der Waals surface area contributed by atoms with E-state index in [2.05, 4.69) is 6.92 Å². The fraction of sp³-hybridized carbons (Fsp3) is 1.00. The Labute approximate surface area is 86.0 Å².